The number of nitrogens with zero attached hydrogens (tertiary/aromatic N) is 3. The molecule has 4 rings (SSSR count). The van der Waals surface area contributed by atoms with Crippen molar-refractivity contribution in [3.63, 3.8) is 0 Å². The molecule has 11 heteroatoms. The van der Waals surface area contributed by atoms with Crippen molar-refractivity contribution in [3.8, 4) is 17.1 Å². The Kier molecular flexibility index (Phi) is 8.34. The standard InChI is InChI=1S/C25H23N3O5S3/c1-3-32-19-12-10-17(11-13-19)27-22-21(36-25(27)34)23(31)28(16-8-6-5-7-9-16)24(26-22)35-15-18(29)14-20(30)33-4-2/h5-13H,3-4,14-15H2,1-2H3. The van der Waals surface area contributed by atoms with Gasteiger partial charge in [0, 0.05) is 5.69 Å². The van der Waals surface area contributed by atoms with Gasteiger partial charge in [0.15, 0.2) is 20.5 Å². The van der Waals surface area contributed by atoms with Crippen LogP contribution in [0.4, 0.5) is 0 Å². The van der Waals surface area contributed by atoms with E-state index in [9.17, 15) is 14.4 Å². The van der Waals surface area contributed by atoms with E-state index in [1.807, 2.05) is 49.4 Å². The number of hydrogen-bond donors (Lipinski definition) is 0. The minimum Gasteiger partial charge on any atom is -0.494 e. The second kappa shape index (κ2) is 11.6. The van der Waals surface area contributed by atoms with E-state index in [4.69, 9.17) is 26.7 Å². The van der Waals surface area contributed by atoms with Crippen molar-refractivity contribution in [2.24, 2.45) is 0 Å². The molecule has 0 saturated carbocycles. The smallest absolute Gasteiger partial charge is 0.313 e. The minimum absolute atomic E-state index is 0.0441. The second-order valence-corrected chi connectivity index (χ2v) is 10.0. The van der Waals surface area contributed by atoms with Crippen LogP contribution >= 0.6 is 35.3 Å². The quantitative estimate of drug-likeness (QED) is 0.0913. The van der Waals surface area contributed by atoms with Gasteiger partial charge in [-0.2, -0.15) is 0 Å². The molecule has 0 aliphatic heterocycles. The van der Waals surface area contributed by atoms with Gasteiger partial charge in [-0.25, -0.2) is 4.98 Å². The van der Waals surface area contributed by atoms with Crippen LogP contribution in [0.25, 0.3) is 21.7 Å². The summed E-state index contributed by atoms with van der Waals surface area (Å²) in [4.78, 5) is 42.6. The van der Waals surface area contributed by atoms with Gasteiger partial charge in [-0.05, 0) is 62.5 Å². The third-order valence-corrected chi connectivity index (χ3v) is 7.36. The summed E-state index contributed by atoms with van der Waals surface area (Å²) in [6.45, 7) is 4.35. The van der Waals surface area contributed by atoms with Crippen LogP contribution in [-0.2, 0) is 14.3 Å². The molecule has 0 N–H and O–H groups in total. The number of ether oxygens (including phenoxy) is 2. The first-order chi connectivity index (χ1) is 17.4. The molecule has 0 bridgehead atoms. The van der Waals surface area contributed by atoms with E-state index in [0.717, 1.165) is 23.2 Å². The summed E-state index contributed by atoms with van der Waals surface area (Å²) < 4.78 is 14.5. The number of Topliss-reactive ketones (excluding diaryl/α,β-unsaturated/α-hetero) is 1. The molecule has 0 unspecified atom stereocenters. The summed E-state index contributed by atoms with van der Waals surface area (Å²) in [5.74, 6) is -0.213. The van der Waals surface area contributed by atoms with Crippen LogP contribution in [0.5, 0.6) is 5.75 Å². The maximum absolute atomic E-state index is 13.7. The first-order valence-electron chi connectivity index (χ1n) is 11.2. The van der Waals surface area contributed by atoms with Crippen LogP contribution in [0, 0.1) is 3.95 Å². The maximum atomic E-state index is 13.7. The molecule has 0 radical (unpaired) electrons. The fourth-order valence-corrected chi connectivity index (χ4v) is 5.66. The number of thioether (sulfide) groups is 1. The summed E-state index contributed by atoms with van der Waals surface area (Å²) >= 11 is 7.89. The molecule has 0 aliphatic carbocycles. The summed E-state index contributed by atoms with van der Waals surface area (Å²) in [7, 11) is 0. The van der Waals surface area contributed by atoms with Gasteiger partial charge in [-0.3, -0.25) is 23.5 Å². The SMILES string of the molecule is CCOC(=O)CC(=O)CSc1nc2c(sc(=S)n2-c2ccc(OCC)cc2)c(=O)n1-c1ccccc1. The van der Waals surface area contributed by atoms with Crippen LogP contribution in [-0.4, -0.2) is 44.8 Å². The van der Waals surface area contributed by atoms with E-state index < -0.39 is 5.97 Å². The Bertz CT molecular complexity index is 1510. The minimum atomic E-state index is -0.575. The maximum Gasteiger partial charge on any atom is 0.313 e. The fraction of sp³-hybridized carbons (Fsp3) is 0.240. The number of para-hydroxylation sites is 1. The summed E-state index contributed by atoms with van der Waals surface area (Å²) in [5.41, 5.74) is 1.48. The summed E-state index contributed by atoms with van der Waals surface area (Å²) in [5, 5.41) is 0.323. The topological polar surface area (TPSA) is 92.4 Å². The zero-order valence-electron chi connectivity index (χ0n) is 19.6. The lowest BCUT2D eigenvalue weighted by Gasteiger charge is -2.13. The Morgan fingerprint density at radius 3 is 2.36 bits per heavy atom. The Balaban J connectivity index is 1.80. The second-order valence-electron chi connectivity index (χ2n) is 7.46. The molecule has 186 valence electrons. The van der Waals surface area contributed by atoms with Gasteiger partial charge in [0.1, 0.15) is 16.9 Å². The van der Waals surface area contributed by atoms with Crippen LogP contribution in [0.2, 0.25) is 0 Å². The van der Waals surface area contributed by atoms with E-state index in [1.165, 1.54) is 15.9 Å². The Morgan fingerprint density at radius 1 is 1.00 bits per heavy atom. The van der Waals surface area contributed by atoms with E-state index in [1.54, 1.807) is 23.6 Å². The van der Waals surface area contributed by atoms with Gasteiger partial charge in [-0.1, -0.05) is 41.3 Å². The molecule has 2 aromatic heterocycles. The third kappa shape index (κ3) is 5.58. The van der Waals surface area contributed by atoms with Gasteiger partial charge in [0.05, 0.1) is 24.7 Å². The third-order valence-electron chi connectivity index (χ3n) is 5.01. The number of fused-ring (bicyclic) bond motifs is 1. The largest absolute Gasteiger partial charge is 0.494 e. The lowest BCUT2D eigenvalue weighted by Crippen LogP contribution is -2.22. The number of esters is 1. The van der Waals surface area contributed by atoms with Gasteiger partial charge in [0.2, 0.25) is 0 Å². The lowest BCUT2D eigenvalue weighted by molar-refractivity contribution is -0.145. The Morgan fingerprint density at radius 2 is 1.69 bits per heavy atom. The fourth-order valence-electron chi connectivity index (χ4n) is 3.49. The molecule has 36 heavy (non-hydrogen) atoms. The summed E-state index contributed by atoms with van der Waals surface area (Å²) in [6.07, 6.45) is -0.334. The molecule has 0 spiro atoms. The number of aromatic nitrogens is 3. The van der Waals surface area contributed by atoms with Crippen LogP contribution in [0.1, 0.15) is 20.3 Å². The number of carbonyl (C=O) groups is 2. The molecule has 0 saturated heterocycles. The van der Waals surface area contributed by atoms with Gasteiger partial charge in [-0.15, -0.1) is 0 Å². The number of benzene rings is 2. The number of thiazole rings is 1. The zero-order valence-corrected chi connectivity index (χ0v) is 22.1. The molecule has 0 fully saturated rings. The van der Waals surface area contributed by atoms with Crippen molar-refractivity contribution in [2.75, 3.05) is 19.0 Å². The van der Waals surface area contributed by atoms with Crippen LogP contribution in [0.15, 0.2) is 64.5 Å². The molecule has 8 nitrogen and oxygen atoms in total. The predicted octanol–water partition coefficient (Wildman–Crippen LogP) is 4.98. The van der Waals surface area contributed by atoms with Crippen molar-refractivity contribution < 1.29 is 19.1 Å². The van der Waals surface area contributed by atoms with Gasteiger partial charge >= 0.3 is 5.97 Å². The number of carbonyl (C=O) groups excluding carboxylic acids is 2. The highest BCUT2D eigenvalue weighted by molar-refractivity contribution is 7.99. The Hall–Kier alpha value is -3.28. The molecular weight excluding hydrogens is 518 g/mol. The first-order valence-corrected chi connectivity index (χ1v) is 13.4. The molecular formula is C25H23N3O5S3. The molecule has 0 amide bonds. The highest BCUT2D eigenvalue weighted by Crippen LogP contribution is 2.28. The number of hydrogen-bond acceptors (Lipinski definition) is 9. The predicted molar refractivity (Wildman–Crippen MR) is 144 cm³/mol. The van der Waals surface area contributed by atoms with Gasteiger partial charge in [0.25, 0.3) is 5.56 Å². The van der Waals surface area contributed by atoms with E-state index >= 15 is 0 Å². The van der Waals surface area contributed by atoms with E-state index in [0.29, 0.717) is 31.8 Å². The van der Waals surface area contributed by atoms with Crippen molar-refractivity contribution in [2.45, 2.75) is 25.4 Å². The molecule has 0 aliphatic rings. The summed E-state index contributed by atoms with van der Waals surface area (Å²) in [6, 6.07) is 16.4. The van der Waals surface area contributed by atoms with E-state index in [2.05, 4.69) is 0 Å². The molecule has 0 atom stereocenters. The van der Waals surface area contributed by atoms with E-state index in [-0.39, 0.29) is 30.1 Å². The Labute approximate surface area is 220 Å². The van der Waals surface area contributed by atoms with Crippen LogP contribution in [0.3, 0.4) is 0 Å². The normalized spacial score (nSPS) is 10.9. The van der Waals surface area contributed by atoms with Crippen molar-refractivity contribution in [3.05, 3.63) is 68.9 Å². The highest BCUT2D eigenvalue weighted by Gasteiger charge is 2.20. The van der Waals surface area contributed by atoms with Crippen molar-refractivity contribution in [1.82, 2.24) is 14.1 Å². The lowest BCUT2D eigenvalue weighted by atomic mass is 10.3. The number of ketones is 1. The molecule has 4 aromatic rings. The van der Waals surface area contributed by atoms with Crippen molar-refractivity contribution >= 4 is 57.4 Å². The van der Waals surface area contributed by atoms with Crippen LogP contribution < -0.4 is 10.3 Å². The van der Waals surface area contributed by atoms with Gasteiger partial charge < -0.3 is 9.47 Å². The van der Waals surface area contributed by atoms with Crippen molar-refractivity contribution in [1.29, 1.82) is 0 Å². The average Bonchev–Trinajstić information content (AvgIpc) is 3.20. The number of rotatable bonds is 10. The first kappa shape index (κ1) is 25.8. The molecule has 2 aromatic carbocycles. The zero-order chi connectivity index (χ0) is 25.7. The molecule has 2 heterocycles. The highest BCUT2D eigenvalue weighted by atomic mass is 32.2. The monoisotopic (exact) mass is 541 g/mol. The average molecular weight is 542 g/mol.